The fourth-order valence-corrected chi connectivity index (χ4v) is 6.01. The third-order valence-corrected chi connectivity index (χ3v) is 8.74. The average molecular weight is 661 g/mol. The fourth-order valence-electron chi connectivity index (χ4n) is 6.01. The van der Waals surface area contributed by atoms with E-state index in [0.717, 1.165) is 50.6 Å². The molecule has 1 aliphatic rings. The van der Waals surface area contributed by atoms with E-state index in [0.29, 0.717) is 59.5 Å². The highest BCUT2D eigenvalue weighted by molar-refractivity contribution is 5.49. The van der Waals surface area contributed by atoms with Gasteiger partial charge in [-0.2, -0.15) is 0 Å². The van der Waals surface area contributed by atoms with Gasteiger partial charge < -0.3 is 28.4 Å². The summed E-state index contributed by atoms with van der Waals surface area (Å²) < 4.78 is 38.6. The molecule has 48 heavy (non-hydrogen) atoms. The Morgan fingerprint density at radius 3 is 0.729 bits per heavy atom. The minimum Gasteiger partial charge on any atom is -0.493 e. The van der Waals surface area contributed by atoms with Gasteiger partial charge in [-0.15, -0.1) is 0 Å². The van der Waals surface area contributed by atoms with Crippen molar-refractivity contribution in [2.45, 2.75) is 139 Å². The molecule has 6 nitrogen and oxygen atoms in total. The van der Waals surface area contributed by atoms with E-state index in [2.05, 4.69) is 98.7 Å². The van der Waals surface area contributed by atoms with Gasteiger partial charge >= 0.3 is 0 Å². The van der Waals surface area contributed by atoms with Crippen LogP contribution in [-0.2, 0) is 70.1 Å². The predicted molar refractivity (Wildman–Crippen MR) is 194 cm³/mol. The van der Waals surface area contributed by atoms with Crippen LogP contribution in [0.5, 0.6) is 17.2 Å². The summed E-state index contributed by atoms with van der Waals surface area (Å²) in [5.74, 6) is 2.51. The van der Waals surface area contributed by atoms with Crippen molar-refractivity contribution in [1.29, 1.82) is 0 Å². The first-order valence-corrected chi connectivity index (χ1v) is 17.7. The Morgan fingerprint density at radius 1 is 0.396 bits per heavy atom. The Labute approximate surface area is 290 Å². The molecule has 1 heterocycles. The molecule has 0 atom stereocenters. The third-order valence-electron chi connectivity index (χ3n) is 8.74. The van der Waals surface area contributed by atoms with Crippen molar-refractivity contribution >= 4 is 0 Å². The van der Waals surface area contributed by atoms with Gasteiger partial charge in [-0.1, -0.05) is 62.3 Å². The SMILES string of the molecule is CCOc1c2cc(C(C)(C)C)cc1COCc1cc(C(C)(C)C)cc(c1OCC)COCc1cc(C(C)(C)C)cc(c1OCC)COC2. The average Bonchev–Trinajstić information content (AvgIpc) is 2.98. The van der Waals surface area contributed by atoms with Crippen molar-refractivity contribution in [3.8, 4) is 17.2 Å². The van der Waals surface area contributed by atoms with Gasteiger partial charge in [-0.3, -0.25) is 0 Å². The molecule has 0 saturated carbocycles. The molecule has 3 aromatic carbocycles. The monoisotopic (exact) mass is 660 g/mol. The van der Waals surface area contributed by atoms with Crippen LogP contribution < -0.4 is 14.2 Å². The van der Waals surface area contributed by atoms with E-state index in [-0.39, 0.29) is 16.2 Å². The fraction of sp³-hybridized carbons (Fsp3) is 0.571. The number of benzene rings is 3. The Kier molecular flexibility index (Phi) is 12.3. The highest BCUT2D eigenvalue weighted by Gasteiger charge is 2.25. The lowest BCUT2D eigenvalue weighted by Crippen LogP contribution is -2.16. The summed E-state index contributed by atoms with van der Waals surface area (Å²) >= 11 is 0. The van der Waals surface area contributed by atoms with Crippen molar-refractivity contribution in [3.63, 3.8) is 0 Å². The number of rotatable bonds is 6. The first-order valence-electron chi connectivity index (χ1n) is 17.7. The lowest BCUT2D eigenvalue weighted by Gasteiger charge is -2.26. The summed E-state index contributed by atoms with van der Waals surface area (Å²) in [4.78, 5) is 0. The second-order valence-electron chi connectivity index (χ2n) is 15.9. The van der Waals surface area contributed by atoms with Gasteiger partial charge in [0.05, 0.1) is 59.5 Å². The Bertz CT molecular complexity index is 1270. The molecule has 264 valence electrons. The lowest BCUT2D eigenvalue weighted by molar-refractivity contribution is 0.0907. The molecular weight excluding hydrogens is 600 g/mol. The second-order valence-corrected chi connectivity index (χ2v) is 15.9. The van der Waals surface area contributed by atoms with Crippen molar-refractivity contribution in [2.24, 2.45) is 0 Å². The Hall–Kier alpha value is -3.06. The molecule has 0 radical (unpaired) electrons. The molecule has 0 spiro atoms. The molecule has 6 heteroatoms. The van der Waals surface area contributed by atoms with E-state index in [1.807, 2.05) is 20.8 Å². The van der Waals surface area contributed by atoms with Crippen LogP contribution in [0.4, 0.5) is 0 Å². The molecule has 1 aliphatic heterocycles. The van der Waals surface area contributed by atoms with Crippen molar-refractivity contribution in [3.05, 3.63) is 86.5 Å². The summed E-state index contributed by atoms with van der Waals surface area (Å²) in [6.45, 7) is 30.2. The summed E-state index contributed by atoms with van der Waals surface area (Å²) in [7, 11) is 0. The van der Waals surface area contributed by atoms with Crippen LogP contribution in [0.3, 0.4) is 0 Å². The first kappa shape index (κ1) is 37.8. The molecule has 6 bridgehead atoms. The van der Waals surface area contributed by atoms with E-state index < -0.39 is 0 Å². The number of fused-ring (bicyclic) bond motifs is 6. The largest absolute Gasteiger partial charge is 0.493 e. The smallest absolute Gasteiger partial charge is 0.130 e. The van der Waals surface area contributed by atoms with Gasteiger partial charge in [0.2, 0.25) is 0 Å². The molecule has 0 saturated heterocycles. The molecule has 0 amide bonds. The zero-order valence-corrected chi connectivity index (χ0v) is 31.8. The van der Waals surface area contributed by atoms with Crippen LogP contribution in [0.1, 0.15) is 133 Å². The maximum atomic E-state index is 6.53. The first-order chi connectivity index (χ1) is 22.6. The molecule has 0 fully saturated rings. The molecule has 0 aromatic heterocycles. The molecule has 0 unspecified atom stereocenters. The van der Waals surface area contributed by atoms with E-state index in [1.54, 1.807) is 0 Å². The molecule has 3 aromatic rings. The van der Waals surface area contributed by atoms with E-state index in [1.165, 1.54) is 16.7 Å². The van der Waals surface area contributed by atoms with Crippen molar-refractivity contribution in [2.75, 3.05) is 19.8 Å². The maximum absolute atomic E-state index is 6.53. The zero-order valence-electron chi connectivity index (χ0n) is 31.8. The minimum absolute atomic E-state index is 0.0681. The summed E-state index contributed by atoms with van der Waals surface area (Å²) in [5, 5.41) is 0. The van der Waals surface area contributed by atoms with Crippen LogP contribution in [0, 0.1) is 0 Å². The summed E-state index contributed by atoms with van der Waals surface area (Å²) in [6.07, 6.45) is 0. The zero-order chi connectivity index (χ0) is 35.3. The molecule has 4 rings (SSSR count). The van der Waals surface area contributed by atoms with Crippen LogP contribution in [0.25, 0.3) is 0 Å². The van der Waals surface area contributed by atoms with Gasteiger partial charge in [-0.05, 0) is 90.1 Å². The highest BCUT2D eigenvalue weighted by Crippen LogP contribution is 2.38. The van der Waals surface area contributed by atoms with E-state index >= 15 is 0 Å². The van der Waals surface area contributed by atoms with Gasteiger partial charge in [0.1, 0.15) is 17.2 Å². The molecular formula is C42H60O6. The third kappa shape index (κ3) is 9.34. The molecule has 0 aliphatic carbocycles. The van der Waals surface area contributed by atoms with Gasteiger partial charge in [0.15, 0.2) is 0 Å². The summed E-state index contributed by atoms with van der Waals surface area (Å²) in [6, 6.07) is 13.4. The second kappa shape index (κ2) is 15.7. The maximum Gasteiger partial charge on any atom is 0.130 e. The minimum atomic E-state index is -0.0681. The standard InChI is InChI=1S/C42H60O6/c1-13-46-37-28-16-34(40(4,5)6)17-29(37)23-44-25-31-19-36(42(10,11)12)21-33(39(31)48-15-3)27-45-26-32-20-35(41(7,8)9)18-30(24-43-22-28)38(32)47-14-2/h16-21H,13-15,22-27H2,1-12H3. The number of hydrogen-bond donors (Lipinski definition) is 0. The van der Waals surface area contributed by atoms with Crippen molar-refractivity contribution < 1.29 is 28.4 Å². The number of ether oxygens (including phenoxy) is 6. The number of hydrogen-bond acceptors (Lipinski definition) is 6. The normalized spacial score (nSPS) is 15.0. The van der Waals surface area contributed by atoms with Crippen LogP contribution >= 0.6 is 0 Å². The Balaban J connectivity index is 1.93. The van der Waals surface area contributed by atoms with E-state index in [9.17, 15) is 0 Å². The van der Waals surface area contributed by atoms with Crippen LogP contribution in [0.15, 0.2) is 36.4 Å². The van der Waals surface area contributed by atoms with Gasteiger partial charge in [0.25, 0.3) is 0 Å². The van der Waals surface area contributed by atoms with Gasteiger partial charge in [-0.25, -0.2) is 0 Å². The summed E-state index contributed by atoms with van der Waals surface area (Å²) in [5.41, 5.74) is 9.55. The van der Waals surface area contributed by atoms with Crippen LogP contribution in [-0.4, -0.2) is 19.8 Å². The highest BCUT2D eigenvalue weighted by atomic mass is 16.5. The van der Waals surface area contributed by atoms with Crippen molar-refractivity contribution in [1.82, 2.24) is 0 Å². The van der Waals surface area contributed by atoms with Gasteiger partial charge in [0, 0.05) is 33.4 Å². The topological polar surface area (TPSA) is 55.4 Å². The van der Waals surface area contributed by atoms with E-state index in [4.69, 9.17) is 28.4 Å². The predicted octanol–water partition coefficient (Wildman–Crippen LogP) is 10.2. The lowest BCUT2D eigenvalue weighted by atomic mass is 9.84. The Morgan fingerprint density at radius 2 is 0.583 bits per heavy atom. The molecule has 0 N–H and O–H groups in total. The quantitative estimate of drug-likeness (QED) is 0.262. The van der Waals surface area contributed by atoms with Crippen LogP contribution in [0.2, 0.25) is 0 Å².